The van der Waals surface area contributed by atoms with Crippen LogP contribution in [-0.4, -0.2) is 55.7 Å². The van der Waals surface area contributed by atoms with Crippen molar-refractivity contribution in [3.8, 4) is 0 Å². The molecule has 27 heavy (non-hydrogen) atoms. The van der Waals surface area contributed by atoms with E-state index in [-0.39, 0.29) is 24.4 Å². The number of ether oxygens (including phenoxy) is 1. The summed E-state index contributed by atoms with van der Waals surface area (Å²) in [5, 5.41) is 8.50. The zero-order valence-electron chi connectivity index (χ0n) is 16.4. The standard InChI is InChI=1S/C20H32N4O3/c1-3-16(2)23-19(25)8-9-21-20(26)22-14-17-6-4-5-7-18(17)15-24-10-12-27-13-11-24/h4-7,16H,3,8-15H2,1-2H3,(H,23,25)(H2,21,22,26). The minimum atomic E-state index is -0.257. The van der Waals surface area contributed by atoms with E-state index in [1.165, 1.54) is 5.56 Å². The number of carbonyl (C=O) groups is 2. The zero-order chi connectivity index (χ0) is 19.5. The molecular weight excluding hydrogens is 344 g/mol. The van der Waals surface area contributed by atoms with Gasteiger partial charge in [-0.1, -0.05) is 31.2 Å². The van der Waals surface area contributed by atoms with Crippen LogP contribution in [0.1, 0.15) is 37.8 Å². The fourth-order valence-electron chi connectivity index (χ4n) is 2.86. The second-order valence-corrected chi connectivity index (χ2v) is 6.89. The number of hydrogen-bond acceptors (Lipinski definition) is 4. The van der Waals surface area contributed by atoms with Gasteiger partial charge in [0.1, 0.15) is 0 Å². The van der Waals surface area contributed by atoms with Gasteiger partial charge in [0.15, 0.2) is 0 Å². The Bertz CT molecular complexity index is 603. The van der Waals surface area contributed by atoms with Crippen molar-refractivity contribution < 1.29 is 14.3 Å². The summed E-state index contributed by atoms with van der Waals surface area (Å²) in [7, 11) is 0. The number of hydrogen-bond donors (Lipinski definition) is 3. The molecule has 150 valence electrons. The largest absolute Gasteiger partial charge is 0.379 e. The summed E-state index contributed by atoms with van der Waals surface area (Å²) >= 11 is 0. The highest BCUT2D eigenvalue weighted by Crippen LogP contribution is 2.12. The van der Waals surface area contributed by atoms with Crippen LogP contribution in [0.4, 0.5) is 4.79 Å². The average Bonchev–Trinajstić information content (AvgIpc) is 2.68. The summed E-state index contributed by atoms with van der Waals surface area (Å²) in [6.07, 6.45) is 1.18. The number of morpholine rings is 1. The first-order valence-corrected chi connectivity index (χ1v) is 9.76. The van der Waals surface area contributed by atoms with Crippen molar-refractivity contribution in [2.45, 2.75) is 45.8 Å². The second kappa shape index (κ2) is 11.6. The van der Waals surface area contributed by atoms with E-state index in [1.54, 1.807) is 0 Å². The third kappa shape index (κ3) is 7.97. The van der Waals surface area contributed by atoms with Crippen LogP contribution in [0.2, 0.25) is 0 Å². The quantitative estimate of drug-likeness (QED) is 0.612. The molecule has 1 atom stereocenters. The topological polar surface area (TPSA) is 82.7 Å². The third-order valence-corrected chi connectivity index (χ3v) is 4.71. The molecule has 3 amide bonds. The van der Waals surface area contributed by atoms with Crippen LogP contribution in [0, 0.1) is 0 Å². The summed E-state index contributed by atoms with van der Waals surface area (Å²) in [5.74, 6) is -0.0412. The van der Waals surface area contributed by atoms with Crippen LogP contribution in [0.15, 0.2) is 24.3 Å². The predicted molar refractivity (Wildman–Crippen MR) is 105 cm³/mol. The Kier molecular flexibility index (Phi) is 9.07. The molecule has 0 aromatic heterocycles. The van der Waals surface area contributed by atoms with E-state index in [9.17, 15) is 9.59 Å². The number of benzene rings is 1. The Morgan fingerprint density at radius 1 is 1.15 bits per heavy atom. The van der Waals surface area contributed by atoms with Gasteiger partial charge in [-0.15, -0.1) is 0 Å². The van der Waals surface area contributed by atoms with E-state index in [0.717, 1.165) is 44.8 Å². The van der Waals surface area contributed by atoms with Crippen LogP contribution in [0.25, 0.3) is 0 Å². The summed E-state index contributed by atoms with van der Waals surface area (Å²) in [4.78, 5) is 26.1. The molecule has 1 heterocycles. The number of amides is 3. The molecule has 1 aliphatic heterocycles. The first kappa shape index (κ1) is 21.2. The molecule has 1 saturated heterocycles. The van der Waals surface area contributed by atoms with Gasteiger partial charge in [-0.3, -0.25) is 9.69 Å². The molecular formula is C20H32N4O3. The first-order valence-electron chi connectivity index (χ1n) is 9.76. The maximum atomic E-state index is 12.0. The highest BCUT2D eigenvalue weighted by Gasteiger charge is 2.13. The maximum Gasteiger partial charge on any atom is 0.315 e. The van der Waals surface area contributed by atoms with Gasteiger partial charge >= 0.3 is 6.03 Å². The molecule has 1 aliphatic rings. The highest BCUT2D eigenvalue weighted by molar-refractivity contribution is 5.78. The fourth-order valence-corrected chi connectivity index (χ4v) is 2.86. The van der Waals surface area contributed by atoms with Gasteiger partial charge < -0.3 is 20.7 Å². The highest BCUT2D eigenvalue weighted by atomic mass is 16.5. The van der Waals surface area contributed by atoms with Crippen molar-refractivity contribution >= 4 is 11.9 Å². The molecule has 7 nitrogen and oxygen atoms in total. The van der Waals surface area contributed by atoms with Crippen LogP contribution >= 0.6 is 0 Å². The molecule has 0 spiro atoms. The molecule has 7 heteroatoms. The minimum absolute atomic E-state index is 0.0412. The number of nitrogens with zero attached hydrogens (tertiary/aromatic N) is 1. The van der Waals surface area contributed by atoms with Gasteiger partial charge in [-0.2, -0.15) is 0 Å². The molecule has 1 aromatic rings. The van der Waals surface area contributed by atoms with Crippen LogP contribution in [0.3, 0.4) is 0 Å². The number of carbonyl (C=O) groups excluding carboxylic acids is 2. The molecule has 1 aromatic carbocycles. The second-order valence-electron chi connectivity index (χ2n) is 6.89. The average molecular weight is 377 g/mol. The molecule has 0 saturated carbocycles. The van der Waals surface area contributed by atoms with Gasteiger partial charge in [0.05, 0.1) is 13.2 Å². The van der Waals surface area contributed by atoms with Crippen molar-refractivity contribution in [2.24, 2.45) is 0 Å². The normalized spacial score (nSPS) is 15.8. The predicted octanol–water partition coefficient (Wildman–Crippen LogP) is 1.62. The minimum Gasteiger partial charge on any atom is -0.379 e. The Morgan fingerprint density at radius 3 is 2.56 bits per heavy atom. The Labute approximate surface area is 161 Å². The SMILES string of the molecule is CCC(C)NC(=O)CCNC(=O)NCc1ccccc1CN1CCOCC1. The van der Waals surface area contributed by atoms with Crippen molar-refractivity contribution in [3.05, 3.63) is 35.4 Å². The Hall–Kier alpha value is -2.12. The van der Waals surface area contributed by atoms with Crippen molar-refractivity contribution in [1.82, 2.24) is 20.9 Å². The smallest absolute Gasteiger partial charge is 0.315 e. The molecule has 3 N–H and O–H groups in total. The number of nitrogens with one attached hydrogen (secondary N) is 3. The number of urea groups is 1. The molecule has 0 radical (unpaired) electrons. The Morgan fingerprint density at radius 2 is 1.85 bits per heavy atom. The molecule has 1 fully saturated rings. The molecule has 0 aliphatic carbocycles. The number of rotatable bonds is 9. The lowest BCUT2D eigenvalue weighted by atomic mass is 10.1. The van der Waals surface area contributed by atoms with Crippen molar-refractivity contribution in [2.75, 3.05) is 32.8 Å². The lowest BCUT2D eigenvalue weighted by Gasteiger charge is -2.27. The lowest BCUT2D eigenvalue weighted by molar-refractivity contribution is -0.121. The first-order chi connectivity index (χ1) is 13.1. The van der Waals surface area contributed by atoms with E-state index < -0.39 is 0 Å². The van der Waals surface area contributed by atoms with Crippen LogP contribution in [0.5, 0.6) is 0 Å². The van der Waals surface area contributed by atoms with Crippen LogP contribution < -0.4 is 16.0 Å². The summed E-state index contributed by atoms with van der Waals surface area (Å²) in [5.41, 5.74) is 2.32. The van der Waals surface area contributed by atoms with Crippen molar-refractivity contribution in [3.63, 3.8) is 0 Å². The zero-order valence-corrected chi connectivity index (χ0v) is 16.4. The van der Waals surface area contributed by atoms with Gasteiger partial charge in [0, 0.05) is 45.2 Å². The molecule has 0 bridgehead atoms. The summed E-state index contributed by atoms with van der Waals surface area (Å²) in [6, 6.07) is 8.05. The lowest BCUT2D eigenvalue weighted by Crippen LogP contribution is -2.39. The van der Waals surface area contributed by atoms with Gasteiger partial charge in [-0.05, 0) is 24.5 Å². The maximum absolute atomic E-state index is 12.0. The van der Waals surface area contributed by atoms with E-state index in [4.69, 9.17) is 4.74 Å². The van der Waals surface area contributed by atoms with E-state index in [0.29, 0.717) is 13.1 Å². The van der Waals surface area contributed by atoms with Crippen LogP contribution in [-0.2, 0) is 22.6 Å². The molecule has 2 rings (SSSR count). The Balaban J connectivity index is 1.72. The van der Waals surface area contributed by atoms with Gasteiger partial charge in [0.2, 0.25) is 5.91 Å². The van der Waals surface area contributed by atoms with Crippen molar-refractivity contribution in [1.29, 1.82) is 0 Å². The fraction of sp³-hybridized carbons (Fsp3) is 0.600. The van der Waals surface area contributed by atoms with E-state index in [2.05, 4.69) is 26.9 Å². The summed E-state index contributed by atoms with van der Waals surface area (Å²) in [6.45, 7) is 9.04. The molecule has 1 unspecified atom stereocenters. The van der Waals surface area contributed by atoms with Gasteiger partial charge in [-0.25, -0.2) is 4.79 Å². The van der Waals surface area contributed by atoms with E-state index in [1.807, 2.05) is 32.0 Å². The summed E-state index contributed by atoms with van der Waals surface area (Å²) < 4.78 is 5.39. The van der Waals surface area contributed by atoms with Gasteiger partial charge in [0.25, 0.3) is 0 Å². The van der Waals surface area contributed by atoms with E-state index >= 15 is 0 Å². The third-order valence-electron chi connectivity index (χ3n) is 4.71. The monoisotopic (exact) mass is 376 g/mol.